The lowest BCUT2D eigenvalue weighted by atomic mass is 9.93. The summed E-state index contributed by atoms with van der Waals surface area (Å²) in [7, 11) is 0. The third-order valence-corrected chi connectivity index (χ3v) is 4.23. The molecular formula is C16H20N2O2. The van der Waals surface area contributed by atoms with E-state index in [9.17, 15) is 9.90 Å². The molecule has 2 aromatic rings. The fourth-order valence-electron chi connectivity index (χ4n) is 3.05. The number of hydrogen-bond acceptors (Lipinski definition) is 2. The van der Waals surface area contributed by atoms with Gasteiger partial charge in [0.25, 0.3) is 5.56 Å². The van der Waals surface area contributed by atoms with Crippen molar-refractivity contribution in [3.63, 3.8) is 0 Å². The SMILES string of the molecule is Cc1c(-c2ccccc2)[nH]n(C2CCCCC2O)c1=O. The third kappa shape index (κ3) is 2.20. The summed E-state index contributed by atoms with van der Waals surface area (Å²) in [4.78, 5) is 12.4. The number of nitrogens with zero attached hydrogens (tertiary/aromatic N) is 1. The molecule has 2 N–H and O–H groups in total. The molecule has 1 aromatic carbocycles. The van der Waals surface area contributed by atoms with Crippen molar-refractivity contribution in [2.75, 3.05) is 0 Å². The topological polar surface area (TPSA) is 58.0 Å². The minimum atomic E-state index is -0.428. The van der Waals surface area contributed by atoms with Crippen LogP contribution in [0.4, 0.5) is 0 Å². The first-order chi connectivity index (χ1) is 9.68. The molecule has 1 fully saturated rings. The van der Waals surface area contributed by atoms with Crippen molar-refractivity contribution in [3.8, 4) is 11.3 Å². The van der Waals surface area contributed by atoms with Crippen molar-refractivity contribution in [3.05, 3.63) is 46.2 Å². The molecule has 106 valence electrons. The average molecular weight is 272 g/mol. The first-order valence-corrected chi connectivity index (χ1v) is 7.23. The van der Waals surface area contributed by atoms with Gasteiger partial charge >= 0.3 is 0 Å². The molecule has 4 nitrogen and oxygen atoms in total. The summed E-state index contributed by atoms with van der Waals surface area (Å²) in [6, 6.07) is 9.73. The van der Waals surface area contributed by atoms with Crippen LogP contribution >= 0.6 is 0 Å². The Balaban J connectivity index is 2.04. The Morgan fingerprint density at radius 3 is 2.60 bits per heavy atom. The van der Waals surface area contributed by atoms with E-state index >= 15 is 0 Å². The normalized spacial score (nSPS) is 22.9. The van der Waals surface area contributed by atoms with Gasteiger partial charge in [0.05, 0.1) is 17.8 Å². The number of hydrogen-bond donors (Lipinski definition) is 2. The van der Waals surface area contributed by atoms with Gasteiger partial charge in [0, 0.05) is 5.56 Å². The maximum absolute atomic E-state index is 12.4. The molecule has 3 rings (SSSR count). The Morgan fingerprint density at radius 1 is 1.20 bits per heavy atom. The molecule has 20 heavy (non-hydrogen) atoms. The van der Waals surface area contributed by atoms with Crippen LogP contribution in [0.3, 0.4) is 0 Å². The summed E-state index contributed by atoms with van der Waals surface area (Å²) in [5.41, 5.74) is 2.56. The van der Waals surface area contributed by atoms with Gasteiger partial charge in [-0.2, -0.15) is 0 Å². The molecular weight excluding hydrogens is 252 g/mol. The highest BCUT2D eigenvalue weighted by molar-refractivity contribution is 5.62. The first kappa shape index (κ1) is 13.2. The molecule has 0 saturated heterocycles. The molecule has 0 bridgehead atoms. The molecule has 0 radical (unpaired) electrons. The van der Waals surface area contributed by atoms with Crippen LogP contribution in [0.5, 0.6) is 0 Å². The van der Waals surface area contributed by atoms with Crippen molar-refractivity contribution < 1.29 is 5.11 Å². The third-order valence-electron chi connectivity index (χ3n) is 4.23. The summed E-state index contributed by atoms with van der Waals surface area (Å²) < 4.78 is 1.63. The monoisotopic (exact) mass is 272 g/mol. The Morgan fingerprint density at radius 2 is 1.90 bits per heavy atom. The highest BCUT2D eigenvalue weighted by Gasteiger charge is 2.27. The van der Waals surface area contributed by atoms with Gasteiger partial charge in [-0.25, -0.2) is 4.68 Å². The van der Waals surface area contributed by atoms with E-state index < -0.39 is 6.10 Å². The quantitative estimate of drug-likeness (QED) is 0.883. The van der Waals surface area contributed by atoms with Crippen LogP contribution in [-0.4, -0.2) is 21.0 Å². The Kier molecular flexibility index (Phi) is 3.49. The number of benzene rings is 1. The summed E-state index contributed by atoms with van der Waals surface area (Å²) in [6.45, 7) is 1.84. The van der Waals surface area contributed by atoms with E-state index in [-0.39, 0.29) is 11.6 Å². The standard InChI is InChI=1S/C16H20N2O2/c1-11-15(12-7-3-2-4-8-12)17-18(16(11)20)13-9-5-6-10-14(13)19/h2-4,7-8,13-14,17,19H,5-6,9-10H2,1H3. The molecule has 2 atom stereocenters. The number of nitrogens with one attached hydrogen (secondary N) is 1. The minimum Gasteiger partial charge on any atom is -0.391 e. The predicted molar refractivity (Wildman–Crippen MR) is 78.7 cm³/mol. The van der Waals surface area contributed by atoms with Crippen LogP contribution in [0.15, 0.2) is 35.1 Å². The summed E-state index contributed by atoms with van der Waals surface area (Å²) in [6.07, 6.45) is 3.30. The van der Waals surface area contributed by atoms with Crippen molar-refractivity contribution in [2.45, 2.75) is 44.8 Å². The Hall–Kier alpha value is -1.81. The van der Waals surface area contributed by atoms with Crippen LogP contribution in [-0.2, 0) is 0 Å². The van der Waals surface area contributed by atoms with Gasteiger partial charge in [-0.1, -0.05) is 43.2 Å². The van der Waals surface area contributed by atoms with Crippen LogP contribution < -0.4 is 5.56 Å². The zero-order valence-corrected chi connectivity index (χ0v) is 11.7. The van der Waals surface area contributed by atoms with Gasteiger partial charge in [0.15, 0.2) is 0 Å². The van der Waals surface area contributed by atoms with E-state index in [1.807, 2.05) is 37.3 Å². The molecule has 4 heteroatoms. The van der Waals surface area contributed by atoms with Crippen molar-refractivity contribution in [1.82, 2.24) is 9.78 Å². The highest BCUT2D eigenvalue weighted by atomic mass is 16.3. The lowest BCUT2D eigenvalue weighted by Crippen LogP contribution is -2.34. The van der Waals surface area contributed by atoms with Gasteiger partial charge < -0.3 is 5.11 Å². The van der Waals surface area contributed by atoms with Crippen molar-refractivity contribution in [1.29, 1.82) is 0 Å². The van der Waals surface area contributed by atoms with E-state index in [0.29, 0.717) is 5.56 Å². The van der Waals surface area contributed by atoms with Gasteiger partial charge in [0.1, 0.15) is 0 Å². The van der Waals surface area contributed by atoms with Crippen molar-refractivity contribution in [2.24, 2.45) is 0 Å². The average Bonchev–Trinajstić information content (AvgIpc) is 2.77. The van der Waals surface area contributed by atoms with Gasteiger partial charge in [-0.15, -0.1) is 0 Å². The summed E-state index contributed by atoms with van der Waals surface area (Å²) in [5, 5.41) is 13.3. The zero-order chi connectivity index (χ0) is 14.1. The fourth-order valence-corrected chi connectivity index (χ4v) is 3.05. The Labute approximate surface area is 118 Å². The molecule has 1 aliphatic carbocycles. The predicted octanol–water partition coefficient (Wildman–Crippen LogP) is 2.63. The number of aliphatic hydroxyl groups excluding tert-OH is 1. The maximum Gasteiger partial charge on any atom is 0.270 e. The van der Waals surface area contributed by atoms with E-state index in [1.54, 1.807) is 4.68 Å². The summed E-state index contributed by atoms with van der Waals surface area (Å²) in [5.74, 6) is 0. The smallest absolute Gasteiger partial charge is 0.270 e. The largest absolute Gasteiger partial charge is 0.391 e. The van der Waals surface area contributed by atoms with E-state index in [2.05, 4.69) is 5.10 Å². The second-order valence-electron chi connectivity index (χ2n) is 5.57. The van der Waals surface area contributed by atoms with Crippen LogP contribution in [0.25, 0.3) is 11.3 Å². The van der Waals surface area contributed by atoms with E-state index in [4.69, 9.17) is 0 Å². The number of aromatic amines is 1. The molecule has 2 unspecified atom stereocenters. The molecule has 0 amide bonds. The lowest BCUT2D eigenvalue weighted by Gasteiger charge is -2.27. The fraction of sp³-hybridized carbons (Fsp3) is 0.438. The number of rotatable bonds is 2. The van der Waals surface area contributed by atoms with Crippen LogP contribution in [0.2, 0.25) is 0 Å². The summed E-state index contributed by atoms with van der Waals surface area (Å²) >= 11 is 0. The molecule has 1 heterocycles. The van der Waals surface area contributed by atoms with Gasteiger partial charge in [0.2, 0.25) is 0 Å². The van der Waals surface area contributed by atoms with Crippen LogP contribution in [0, 0.1) is 6.92 Å². The van der Waals surface area contributed by atoms with Crippen LogP contribution in [0.1, 0.15) is 37.3 Å². The number of aliphatic hydroxyl groups is 1. The van der Waals surface area contributed by atoms with Gasteiger partial charge in [-0.3, -0.25) is 9.89 Å². The zero-order valence-electron chi connectivity index (χ0n) is 11.7. The van der Waals surface area contributed by atoms with Crippen molar-refractivity contribution >= 4 is 0 Å². The van der Waals surface area contributed by atoms with E-state index in [1.165, 1.54) is 0 Å². The second kappa shape index (κ2) is 5.29. The molecule has 1 aromatic heterocycles. The maximum atomic E-state index is 12.4. The van der Waals surface area contributed by atoms with E-state index in [0.717, 1.165) is 36.9 Å². The minimum absolute atomic E-state index is 0.0187. The number of H-pyrrole nitrogens is 1. The molecule has 0 spiro atoms. The molecule has 1 saturated carbocycles. The highest BCUT2D eigenvalue weighted by Crippen LogP contribution is 2.28. The molecule has 0 aliphatic heterocycles. The number of aromatic nitrogens is 2. The first-order valence-electron chi connectivity index (χ1n) is 7.23. The second-order valence-corrected chi connectivity index (χ2v) is 5.57. The lowest BCUT2D eigenvalue weighted by molar-refractivity contribution is 0.0679. The van der Waals surface area contributed by atoms with Gasteiger partial charge in [-0.05, 0) is 25.3 Å². The Bertz CT molecular complexity index is 642. The molecule has 1 aliphatic rings.